The second kappa shape index (κ2) is 9.21. The minimum atomic E-state index is -0.687. The molecule has 5 amide bonds. The van der Waals surface area contributed by atoms with Crippen LogP contribution in [0.4, 0.5) is 21.2 Å². The Bertz CT molecular complexity index is 953. The third-order valence-corrected chi connectivity index (χ3v) is 3.79. The van der Waals surface area contributed by atoms with Crippen molar-refractivity contribution in [2.24, 2.45) is 5.41 Å². The fourth-order valence-electron chi connectivity index (χ4n) is 2.06. The summed E-state index contributed by atoms with van der Waals surface area (Å²) in [5.41, 5.74) is -0.168. The number of amides is 5. The molecule has 0 aliphatic carbocycles. The maximum Gasteiger partial charge on any atom is 0.327 e. The molecule has 0 unspecified atom stereocenters. The number of aryl methyl sites for hydroxylation is 1. The van der Waals surface area contributed by atoms with Gasteiger partial charge in [-0.1, -0.05) is 20.8 Å². The highest BCUT2D eigenvalue weighted by Gasteiger charge is 2.23. The van der Waals surface area contributed by atoms with E-state index in [4.69, 9.17) is 4.74 Å². The average Bonchev–Trinajstić information content (AvgIpc) is 2.63. The number of rotatable bonds is 4. The molecule has 0 atom stereocenters. The highest BCUT2D eigenvalue weighted by Crippen LogP contribution is 2.26. The van der Waals surface area contributed by atoms with Gasteiger partial charge in [-0.15, -0.1) is 0 Å². The first-order valence-corrected chi connectivity index (χ1v) is 9.18. The molecule has 0 spiro atoms. The highest BCUT2D eigenvalue weighted by molar-refractivity contribution is 6.02. The van der Waals surface area contributed by atoms with Crippen LogP contribution in [0.1, 0.15) is 26.5 Å². The lowest BCUT2D eigenvalue weighted by molar-refractivity contribution is -0.127. The van der Waals surface area contributed by atoms with Crippen LogP contribution in [-0.4, -0.2) is 46.9 Å². The van der Waals surface area contributed by atoms with Crippen molar-refractivity contribution >= 4 is 29.6 Å². The fraction of sp³-hybridized carbons (Fsp3) is 0.350. The molecule has 2 aromatic heterocycles. The van der Waals surface area contributed by atoms with E-state index in [-0.39, 0.29) is 11.8 Å². The summed E-state index contributed by atoms with van der Waals surface area (Å²) in [6.07, 6.45) is 1.51. The van der Waals surface area contributed by atoms with Crippen LogP contribution in [0.3, 0.4) is 0 Å². The zero-order chi connectivity index (χ0) is 22.5. The molecule has 0 saturated heterocycles. The molecule has 10 heteroatoms. The minimum Gasteiger partial charge on any atom is -0.455 e. The van der Waals surface area contributed by atoms with E-state index in [0.29, 0.717) is 23.0 Å². The van der Waals surface area contributed by atoms with E-state index in [1.54, 1.807) is 66.1 Å². The molecule has 2 aromatic rings. The summed E-state index contributed by atoms with van der Waals surface area (Å²) < 4.78 is 5.81. The van der Waals surface area contributed by atoms with Crippen LogP contribution in [0.25, 0.3) is 0 Å². The van der Waals surface area contributed by atoms with Crippen LogP contribution in [0, 0.1) is 12.3 Å². The molecule has 0 radical (unpaired) electrons. The Hall–Kier alpha value is -3.69. The number of carbonyl (C=O) groups excluding carboxylic acids is 3. The van der Waals surface area contributed by atoms with Crippen molar-refractivity contribution in [3.05, 3.63) is 36.2 Å². The maximum absolute atomic E-state index is 12.0. The van der Waals surface area contributed by atoms with Crippen LogP contribution in [0.5, 0.6) is 11.5 Å². The number of nitrogens with one attached hydrogen (secondary N) is 3. The lowest BCUT2D eigenvalue weighted by Gasteiger charge is -2.17. The molecular weight excluding hydrogens is 388 g/mol. The van der Waals surface area contributed by atoms with Gasteiger partial charge in [-0.3, -0.25) is 20.7 Å². The highest BCUT2D eigenvalue weighted by atomic mass is 16.5. The van der Waals surface area contributed by atoms with E-state index >= 15 is 0 Å². The molecule has 0 aromatic carbocycles. The standard InChI is InChI=1S/C20H26N6O4/c1-12-14(30-13-9-10-21-16(11-13)24-19(29)26(5)6)7-8-15(22-12)23-18(28)25-17(27)20(2,3)4/h7-11H,1-6H3,(H,21,24,29)(H2,22,23,25,27,28). The van der Waals surface area contributed by atoms with Gasteiger partial charge in [0, 0.05) is 31.8 Å². The van der Waals surface area contributed by atoms with Crippen LogP contribution in [-0.2, 0) is 4.79 Å². The SMILES string of the molecule is Cc1nc(NC(=O)NC(=O)C(C)(C)C)ccc1Oc1ccnc(NC(=O)N(C)C)c1. The van der Waals surface area contributed by atoms with E-state index in [1.807, 2.05) is 0 Å². The van der Waals surface area contributed by atoms with Gasteiger partial charge in [-0.05, 0) is 25.1 Å². The summed E-state index contributed by atoms with van der Waals surface area (Å²) in [6.45, 7) is 6.84. The lowest BCUT2D eigenvalue weighted by Crippen LogP contribution is -2.41. The van der Waals surface area contributed by atoms with Gasteiger partial charge in [0.15, 0.2) is 0 Å². The minimum absolute atomic E-state index is 0.271. The van der Waals surface area contributed by atoms with Gasteiger partial charge in [-0.25, -0.2) is 19.6 Å². The molecule has 0 aliphatic rings. The smallest absolute Gasteiger partial charge is 0.327 e. The number of anilines is 2. The predicted molar refractivity (Wildman–Crippen MR) is 113 cm³/mol. The topological polar surface area (TPSA) is 126 Å². The van der Waals surface area contributed by atoms with Crippen molar-refractivity contribution in [2.75, 3.05) is 24.7 Å². The normalized spacial score (nSPS) is 10.7. The summed E-state index contributed by atoms with van der Waals surface area (Å²) >= 11 is 0. The first-order chi connectivity index (χ1) is 14.0. The molecule has 2 rings (SSSR count). The Kier molecular flexibility index (Phi) is 6.93. The number of hydrogen-bond donors (Lipinski definition) is 3. The Morgan fingerprint density at radius 3 is 2.33 bits per heavy atom. The molecule has 0 saturated carbocycles. The van der Waals surface area contributed by atoms with Gasteiger partial charge in [0.1, 0.15) is 23.1 Å². The zero-order valence-electron chi connectivity index (χ0n) is 17.9. The predicted octanol–water partition coefficient (Wildman–Crippen LogP) is 3.37. The second-order valence-electron chi connectivity index (χ2n) is 7.74. The second-order valence-corrected chi connectivity index (χ2v) is 7.74. The molecule has 160 valence electrons. The summed E-state index contributed by atoms with van der Waals surface area (Å²) in [4.78, 5) is 45.3. The number of nitrogens with zero attached hydrogens (tertiary/aromatic N) is 3. The lowest BCUT2D eigenvalue weighted by atomic mass is 9.96. The molecule has 30 heavy (non-hydrogen) atoms. The van der Waals surface area contributed by atoms with Crippen molar-refractivity contribution < 1.29 is 19.1 Å². The number of aromatic nitrogens is 2. The molecule has 0 bridgehead atoms. The van der Waals surface area contributed by atoms with Gasteiger partial charge < -0.3 is 9.64 Å². The van der Waals surface area contributed by atoms with E-state index in [0.717, 1.165) is 0 Å². The number of carbonyl (C=O) groups is 3. The van der Waals surface area contributed by atoms with Crippen LogP contribution >= 0.6 is 0 Å². The van der Waals surface area contributed by atoms with Gasteiger partial charge in [0.2, 0.25) is 5.91 Å². The molecule has 0 fully saturated rings. The van der Waals surface area contributed by atoms with E-state index in [2.05, 4.69) is 25.9 Å². The molecular formula is C20H26N6O4. The fourth-order valence-corrected chi connectivity index (χ4v) is 2.06. The van der Waals surface area contributed by atoms with Crippen molar-refractivity contribution in [3.63, 3.8) is 0 Å². The van der Waals surface area contributed by atoms with Crippen molar-refractivity contribution in [2.45, 2.75) is 27.7 Å². The third kappa shape index (κ3) is 6.43. The van der Waals surface area contributed by atoms with Crippen molar-refractivity contribution in [3.8, 4) is 11.5 Å². The quantitative estimate of drug-likeness (QED) is 0.704. The van der Waals surface area contributed by atoms with E-state index < -0.39 is 17.4 Å². The molecule has 0 aliphatic heterocycles. The van der Waals surface area contributed by atoms with E-state index in [9.17, 15) is 14.4 Å². The third-order valence-electron chi connectivity index (χ3n) is 3.79. The Morgan fingerprint density at radius 1 is 1.03 bits per heavy atom. The zero-order valence-corrected chi connectivity index (χ0v) is 17.9. The maximum atomic E-state index is 12.0. The number of ether oxygens (including phenoxy) is 1. The first kappa shape index (κ1) is 22.6. The van der Waals surface area contributed by atoms with Gasteiger partial charge in [0.05, 0.1) is 5.69 Å². The Labute approximate surface area is 175 Å². The molecule has 3 N–H and O–H groups in total. The summed E-state index contributed by atoms with van der Waals surface area (Å²) in [5.74, 6) is 1.13. The summed E-state index contributed by atoms with van der Waals surface area (Å²) in [6, 6.07) is 5.45. The Balaban J connectivity index is 2.05. The van der Waals surface area contributed by atoms with Gasteiger partial charge in [0.25, 0.3) is 0 Å². The summed E-state index contributed by atoms with van der Waals surface area (Å²) in [7, 11) is 3.25. The molecule has 2 heterocycles. The first-order valence-electron chi connectivity index (χ1n) is 9.18. The van der Waals surface area contributed by atoms with Crippen LogP contribution in [0.15, 0.2) is 30.5 Å². The monoisotopic (exact) mass is 414 g/mol. The number of urea groups is 2. The van der Waals surface area contributed by atoms with Crippen molar-refractivity contribution in [1.29, 1.82) is 0 Å². The Morgan fingerprint density at radius 2 is 1.73 bits per heavy atom. The average molecular weight is 414 g/mol. The van der Waals surface area contributed by atoms with Crippen molar-refractivity contribution in [1.82, 2.24) is 20.2 Å². The number of hydrogen-bond acceptors (Lipinski definition) is 6. The molecule has 10 nitrogen and oxygen atoms in total. The number of imide groups is 1. The van der Waals surface area contributed by atoms with E-state index in [1.165, 1.54) is 11.1 Å². The largest absolute Gasteiger partial charge is 0.455 e. The van der Waals surface area contributed by atoms with Gasteiger partial charge in [-0.2, -0.15) is 0 Å². The van der Waals surface area contributed by atoms with Crippen LogP contribution < -0.4 is 20.7 Å². The number of pyridine rings is 2. The van der Waals surface area contributed by atoms with Crippen LogP contribution in [0.2, 0.25) is 0 Å². The summed E-state index contributed by atoms with van der Waals surface area (Å²) in [5, 5.41) is 7.42. The van der Waals surface area contributed by atoms with Gasteiger partial charge >= 0.3 is 12.1 Å².